The number of hydrogen-bond acceptors (Lipinski definition) is 4. The lowest BCUT2D eigenvalue weighted by Crippen LogP contribution is -2.44. The molecule has 7 nitrogen and oxygen atoms in total. The Kier molecular flexibility index (Phi) is 6.91. The van der Waals surface area contributed by atoms with E-state index in [1.807, 2.05) is 34.9 Å². The second-order valence-electron chi connectivity index (χ2n) is 7.73. The third kappa shape index (κ3) is 4.83. The van der Waals surface area contributed by atoms with Crippen molar-refractivity contribution in [2.45, 2.75) is 32.7 Å². The molecule has 1 aromatic rings. The van der Waals surface area contributed by atoms with Gasteiger partial charge in [0.05, 0.1) is 12.6 Å². The van der Waals surface area contributed by atoms with Crippen molar-refractivity contribution in [1.29, 1.82) is 0 Å². The molecule has 3 rings (SSSR count). The molecule has 7 heteroatoms. The molecule has 3 amide bonds. The summed E-state index contributed by atoms with van der Waals surface area (Å²) in [6.45, 7) is 9.06. The first-order valence-corrected chi connectivity index (χ1v) is 10.1. The molecular weight excluding hydrogens is 356 g/mol. The van der Waals surface area contributed by atoms with E-state index in [-0.39, 0.29) is 18.0 Å². The maximum Gasteiger partial charge on any atom is 0.321 e. The van der Waals surface area contributed by atoms with Crippen LogP contribution in [0.3, 0.4) is 0 Å². The van der Waals surface area contributed by atoms with Crippen molar-refractivity contribution in [2.24, 2.45) is 0 Å². The number of methoxy groups -OCH3 is 1. The number of carbonyl (C=O) groups is 2. The SMILES string of the molecule is COCCN1CCC(N2CCCN(C(=O)Nc3ccc(C)c(C)c3)CC2)C1=O. The number of nitrogens with one attached hydrogen (secondary N) is 1. The first-order valence-electron chi connectivity index (χ1n) is 10.1. The first kappa shape index (κ1) is 20.6. The van der Waals surface area contributed by atoms with Gasteiger partial charge in [0, 0.05) is 52.1 Å². The number of hydrogen-bond donors (Lipinski definition) is 1. The minimum Gasteiger partial charge on any atom is -0.383 e. The number of urea groups is 1. The molecule has 2 aliphatic rings. The van der Waals surface area contributed by atoms with E-state index in [1.165, 1.54) is 5.56 Å². The monoisotopic (exact) mass is 388 g/mol. The predicted molar refractivity (Wildman–Crippen MR) is 110 cm³/mol. The highest BCUT2D eigenvalue weighted by atomic mass is 16.5. The molecule has 2 saturated heterocycles. The minimum absolute atomic E-state index is 0.0559. The van der Waals surface area contributed by atoms with Gasteiger partial charge in [0.2, 0.25) is 5.91 Å². The molecule has 1 unspecified atom stereocenters. The van der Waals surface area contributed by atoms with Crippen LogP contribution in [-0.2, 0) is 9.53 Å². The van der Waals surface area contributed by atoms with Gasteiger partial charge in [-0.05, 0) is 49.9 Å². The lowest BCUT2D eigenvalue weighted by atomic mass is 10.1. The van der Waals surface area contributed by atoms with Gasteiger partial charge in [-0.2, -0.15) is 0 Å². The molecule has 154 valence electrons. The number of anilines is 1. The maximum absolute atomic E-state index is 12.7. The fourth-order valence-corrected chi connectivity index (χ4v) is 3.96. The van der Waals surface area contributed by atoms with Gasteiger partial charge in [-0.25, -0.2) is 4.79 Å². The second kappa shape index (κ2) is 9.39. The Labute approximate surface area is 167 Å². The summed E-state index contributed by atoms with van der Waals surface area (Å²) < 4.78 is 5.10. The zero-order valence-electron chi connectivity index (χ0n) is 17.2. The van der Waals surface area contributed by atoms with Gasteiger partial charge in [-0.3, -0.25) is 9.69 Å². The predicted octanol–water partition coefficient (Wildman–Crippen LogP) is 2.09. The van der Waals surface area contributed by atoms with Gasteiger partial charge in [-0.1, -0.05) is 6.07 Å². The maximum atomic E-state index is 12.7. The van der Waals surface area contributed by atoms with Crippen molar-refractivity contribution in [3.8, 4) is 0 Å². The van der Waals surface area contributed by atoms with E-state index in [9.17, 15) is 9.59 Å². The normalized spacial score (nSPS) is 21.1. The molecule has 1 N–H and O–H groups in total. The first-order chi connectivity index (χ1) is 13.5. The molecule has 0 saturated carbocycles. The molecule has 0 spiro atoms. The lowest BCUT2D eigenvalue weighted by molar-refractivity contribution is -0.132. The molecular formula is C21H32N4O3. The standard InChI is InChI=1S/C21H32N4O3/c1-16-5-6-18(15-17(16)2)22-21(27)25-9-4-8-23(11-12-25)19-7-10-24(20(19)26)13-14-28-3/h5-6,15,19H,4,7-14H2,1-3H3,(H,22,27). The van der Waals surface area contributed by atoms with Crippen LogP contribution in [0.1, 0.15) is 24.0 Å². The fourth-order valence-electron chi connectivity index (χ4n) is 3.96. The summed E-state index contributed by atoms with van der Waals surface area (Å²) in [5.41, 5.74) is 3.20. The highest BCUT2D eigenvalue weighted by Crippen LogP contribution is 2.20. The Morgan fingerprint density at radius 2 is 1.96 bits per heavy atom. The smallest absolute Gasteiger partial charge is 0.321 e. The average Bonchev–Trinajstić information content (AvgIpc) is 2.89. The van der Waals surface area contributed by atoms with E-state index in [0.717, 1.165) is 43.7 Å². The number of nitrogens with zero attached hydrogens (tertiary/aromatic N) is 3. The summed E-state index contributed by atoms with van der Waals surface area (Å²) in [4.78, 5) is 31.4. The highest BCUT2D eigenvalue weighted by molar-refractivity contribution is 5.89. The molecule has 0 bridgehead atoms. The number of amides is 3. The molecule has 2 aliphatic heterocycles. The summed E-state index contributed by atoms with van der Waals surface area (Å²) in [5.74, 6) is 0.199. The van der Waals surface area contributed by atoms with Gasteiger partial charge >= 0.3 is 6.03 Å². The van der Waals surface area contributed by atoms with Gasteiger partial charge in [0.1, 0.15) is 0 Å². The molecule has 1 atom stereocenters. The van der Waals surface area contributed by atoms with E-state index in [1.54, 1.807) is 7.11 Å². The number of likely N-dealkylation sites (tertiary alicyclic amines) is 1. The molecule has 0 radical (unpaired) electrons. The molecule has 1 aromatic carbocycles. The van der Waals surface area contributed by atoms with Crippen molar-refractivity contribution in [1.82, 2.24) is 14.7 Å². The number of rotatable bonds is 5. The second-order valence-corrected chi connectivity index (χ2v) is 7.73. The van der Waals surface area contributed by atoms with Crippen LogP contribution in [-0.4, -0.2) is 85.7 Å². The molecule has 28 heavy (non-hydrogen) atoms. The van der Waals surface area contributed by atoms with Gasteiger partial charge < -0.3 is 19.9 Å². The molecule has 0 aromatic heterocycles. The summed E-state index contributed by atoms with van der Waals surface area (Å²) in [6, 6.07) is 5.85. The molecule has 2 fully saturated rings. The fraction of sp³-hybridized carbons (Fsp3) is 0.619. The Morgan fingerprint density at radius 1 is 1.14 bits per heavy atom. The topological polar surface area (TPSA) is 65.1 Å². The zero-order chi connectivity index (χ0) is 20.1. The molecule has 0 aliphatic carbocycles. The van der Waals surface area contributed by atoms with Crippen LogP contribution in [0, 0.1) is 13.8 Å². The van der Waals surface area contributed by atoms with E-state index in [0.29, 0.717) is 26.2 Å². The summed E-state index contributed by atoms with van der Waals surface area (Å²) in [7, 11) is 1.66. The Morgan fingerprint density at radius 3 is 2.71 bits per heavy atom. The number of aryl methyl sites for hydroxylation is 2. The van der Waals surface area contributed by atoms with Crippen molar-refractivity contribution >= 4 is 17.6 Å². The quantitative estimate of drug-likeness (QED) is 0.839. The Hall–Kier alpha value is -2.12. The average molecular weight is 389 g/mol. The van der Waals surface area contributed by atoms with Gasteiger partial charge in [-0.15, -0.1) is 0 Å². The lowest BCUT2D eigenvalue weighted by Gasteiger charge is -2.26. The van der Waals surface area contributed by atoms with Crippen molar-refractivity contribution in [2.75, 3.05) is 58.3 Å². The zero-order valence-corrected chi connectivity index (χ0v) is 17.2. The summed E-state index contributed by atoms with van der Waals surface area (Å²) in [6.07, 6.45) is 1.74. The van der Waals surface area contributed by atoms with Crippen LogP contribution in [0.4, 0.5) is 10.5 Å². The van der Waals surface area contributed by atoms with Crippen LogP contribution in [0.25, 0.3) is 0 Å². The van der Waals surface area contributed by atoms with Crippen LogP contribution in [0.5, 0.6) is 0 Å². The van der Waals surface area contributed by atoms with E-state index in [4.69, 9.17) is 4.74 Å². The minimum atomic E-state index is -0.0652. The number of benzene rings is 1. The van der Waals surface area contributed by atoms with Crippen molar-refractivity contribution in [3.05, 3.63) is 29.3 Å². The van der Waals surface area contributed by atoms with Crippen molar-refractivity contribution < 1.29 is 14.3 Å². The van der Waals surface area contributed by atoms with Crippen LogP contribution < -0.4 is 5.32 Å². The van der Waals surface area contributed by atoms with Gasteiger partial charge in [0.15, 0.2) is 0 Å². The van der Waals surface area contributed by atoms with E-state index in [2.05, 4.69) is 17.1 Å². The molecule has 2 heterocycles. The summed E-state index contributed by atoms with van der Waals surface area (Å²) >= 11 is 0. The van der Waals surface area contributed by atoms with Crippen LogP contribution >= 0.6 is 0 Å². The van der Waals surface area contributed by atoms with Crippen molar-refractivity contribution in [3.63, 3.8) is 0 Å². The van der Waals surface area contributed by atoms with Gasteiger partial charge in [0.25, 0.3) is 0 Å². The number of ether oxygens (including phenoxy) is 1. The third-order valence-electron chi connectivity index (χ3n) is 5.85. The van der Waals surface area contributed by atoms with E-state index >= 15 is 0 Å². The Balaban J connectivity index is 1.53. The largest absolute Gasteiger partial charge is 0.383 e. The highest BCUT2D eigenvalue weighted by Gasteiger charge is 2.36. The third-order valence-corrected chi connectivity index (χ3v) is 5.85. The van der Waals surface area contributed by atoms with E-state index < -0.39 is 0 Å². The summed E-state index contributed by atoms with van der Waals surface area (Å²) in [5, 5.41) is 3.01. The number of carbonyl (C=O) groups excluding carboxylic acids is 2. The van der Waals surface area contributed by atoms with Crippen LogP contribution in [0.2, 0.25) is 0 Å². The Bertz CT molecular complexity index is 709. The van der Waals surface area contributed by atoms with Crippen LogP contribution in [0.15, 0.2) is 18.2 Å².